The van der Waals surface area contributed by atoms with E-state index >= 15 is 0 Å². The van der Waals surface area contributed by atoms with Gasteiger partial charge in [-0.05, 0) is 12.8 Å². The molecule has 0 aliphatic carbocycles. The minimum atomic E-state index is -0.315. The number of benzene rings is 1. The lowest BCUT2D eigenvalue weighted by Gasteiger charge is -2.35. The molecule has 116 valence electrons. The number of fused-ring (bicyclic) bond motifs is 1. The highest BCUT2D eigenvalue weighted by Crippen LogP contribution is 2.40. The Kier molecular flexibility index (Phi) is 4.91. The van der Waals surface area contributed by atoms with Gasteiger partial charge in [-0.1, -0.05) is 57.0 Å². The van der Waals surface area contributed by atoms with Crippen molar-refractivity contribution in [1.29, 1.82) is 0 Å². The number of hydrogen-bond donors (Lipinski definition) is 0. The number of rotatable bonds is 5. The number of ether oxygens (including phenoxy) is 2. The third-order valence-electron chi connectivity index (χ3n) is 4.14. The molecule has 0 bridgehead atoms. The molecule has 2 aliphatic rings. The second-order valence-corrected chi connectivity index (χ2v) is 5.79. The van der Waals surface area contributed by atoms with E-state index in [9.17, 15) is 0 Å². The smallest absolute Gasteiger partial charge is 0.184 e. The van der Waals surface area contributed by atoms with Crippen LogP contribution in [0.2, 0.25) is 0 Å². The Labute approximate surface area is 126 Å². The summed E-state index contributed by atoms with van der Waals surface area (Å²) in [6.07, 6.45) is 3.44. The molecule has 0 amide bonds. The first-order valence-corrected chi connectivity index (χ1v) is 8.01. The zero-order valence-corrected chi connectivity index (χ0v) is 12.7. The quantitative estimate of drug-likeness (QED) is 0.774. The Morgan fingerprint density at radius 3 is 1.81 bits per heavy atom. The van der Waals surface area contributed by atoms with Gasteiger partial charge in [-0.15, -0.1) is 0 Å². The summed E-state index contributed by atoms with van der Waals surface area (Å²) in [5, 5.41) is 0. The van der Waals surface area contributed by atoms with Gasteiger partial charge in [0.2, 0.25) is 0 Å². The highest BCUT2D eigenvalue weighted by Gasteiger charge is 2.49. The van der Waals surface area contributed by atoms with Gasteiger partial charge in [-0.25, -0.2) is 9.78 Å². The van der Waals surface area contributed by atoms with Gasteiger partial charge in [-0.2, -0.15) is 0 Å². The van der Waals surface area contributed by atoms with Crippen molar-refractivity contribution in [1.82, 2.24) is 0 Å². The predicted octanol–water partition coefficient (Wildman–Crippen LogP) is 3.77. The molecule has 0 radical (unpaired) electrons. The largest absolute Gasteiger partial charge is 0.339 e. The number of hydrogen-bond acceptors (Lipinski definition) is 4. The zero-order valence-electron chi connectivity index (χ0n) is 12.7. The molecule has 0 aromatic heterocycles. The molecule has 21 heavy (non-hydrogen) atoms. The molecule has 2 fully saturated rings. The van der Waals surface area contributed by atoms with Crippen LogP contribution in [0.1, 0.15) is 51.4 Å². The van der Waals surface area contributed by atoms with Gasteiger partial charge in [0.25, 0.3) is 0 Å². The monoisotopic (exact) mass is 292 g/mol. The van der Waals surface area contributed by atoms with Crippen molar-refractivity contribution >= 4 is 0 Å². The van der Waals surface area contributed by atoms with Crippen LogP contribution in [0.4, 0.5) is 0 Å². The third kappa shape index (κ3) is 3.14. The highest BCUT2D eigenvalue weighted by atomic mass is 17.2. The van der Waals surface area contributed by atoms with E-state index in [4.69, 9.17) is 19.2 Å². The van der Waals surface area contributed by atoms with Gasteiger partial charge in [0.05, 0.1) is 0 Å². The Hall–Kier alpha value is -0.940. The van der Waals surface area contributed by atoms with Crippen molar-refractivity contribution in [2.75, 3.05) is 0 Å². The van der Waals surface area contributed by atoms with E-state index in [0.717, 1.165) is 31.2 Å². The van der Waals surface area contributed by atoms with E-state index in [-0.39, 0.29) is 30.7 Å². The Bertz CT molecular complexity index is 414. The first-order chi connectivity index (χ1) is 10.3. The maximum absolute atomic E-state index is 6.17. The van der Waals surface area contributed by atoms with Crippen molar-refractivity contribution < 1.29 is 19.2 Å². The molecular formula is C17H24O4. The molecule has 2 heterocycles. The topological polar surface area (TPSA) is 36.9 Å². The van der Waals surface area contributed by atoms with Gasteiger partial charge >= 0.3 is 0 Å². The van der Waals surface area contributed by atoms with Crippen LogP contribution < -0.4 is 0 Å². The summed E-state index contributed by atoms with van der Waals surface area (Å²) in [5.74, 6) is 0. The fraction of sp³-hybridized carbons (Fsp3) is 0.647. The van der Waals surface area contributed by atoms with E-state index in [1.165, 1.54) is 0 Å². The predicted molar refractivity (Wildman–Crippen MR) is 78.5 cm³/mol. The highest BCUT2D eigenvalue weighted by molar-refractivity contribution is 5.17. The van der Waals surface area contributed by atoms with E-state index in [1.54, 1.807) is 0 Å². The van der Waals surface area contributed by atoms with Crippen molar-refractivity contribution in [2.24, 2.45) is 0 Å². The molecule has 2 aliphatic heterocycles. The van der Waals surface area contributed by atoms with Gasteiger partial charge < -0.3 is 9.47 Å². The third-order valence-corrected chi connectivity index (χ3v) is 4.14. The average molecular weight is 292 g/mol. The molecule has 3 rings (SSSR count). The molecule has 0 spiro atoms. The molecule has 1 aromatic carbocycles. The van der Waals surface area contributed by atoms with Crippen LogP contribution in [0, 0.1) is 0 Å². The summed E-state index contributed by atoms with van der Waals surface area (Å²) in [5.41, 5.74) is 1.05. The van der Waals surface area contributed by atoms with Crippen LogP contribution in [0.25, 0.3) is 0 Å². The Balaban J connectivity index is 1.76. The molecule has 5 atom stereocenters. The first-order valence-electron chi connectivity index (χ1n) is 8.01. The van der Waals surface area contributed by atoms with Gasteiger partial charge in [0, 0.05) is 5.56 Å². The van der Waals surface area contributed by atoms with Crippen LogP contribution in [-0.4, -0.2) is 24.4 Å². The van der Waals surface area contributed by atoms with Crippen molar-refractivity contribution in [3.05, 3.63) is 35.9 Å². The van der Waals surface area contributed by atoms with Gasteiger partial charge in [-0.3, -0.25) is 0 Å². The molecule has 1 aromatic rings. The van der Waals surface area contributed by atoms with E-state index in [2.05, 4.69) is 13.8 Å². The van der Waals surface area contributed by atoms with E-state index in [0.29, 0.717) is 0 Å². The minimum Gasteiger partial charge on any atom is -0.339 e. The SMILES string of the molecule is CCC[C@@H]1OO[C@H](CCC)[C@H]2OC(c3ccccc3)O[C@H]21. The molecule has 1 unspecified atom stereocenters. The summed E-state index contributed by atoms with van der Waals surface area (Å²) in [7, 11) is 0. The molecule has 0 saturated carbocycles. The van der Waals surface area contributed by atoms with Gasteiger partial charge in [0.1, 0.15) is 24.4 Å². The summed E-state index contributed by atoms with van der Waals surface area (Å²) in [4.78, 5) is 11.2. The fourth-order valence-electron chi connectivity index (χ4n) is 3.08. The van der Waals surface area contributed by atoms with Crippen molar-refractivity contribution in [3.63, 3.8) is 0 Å². The normalized spacial score (nSPS) is 35.6. The zero-order chi connectivity index (χ0) is 14.7. The van der Waals surface area contributed by atoms with Crippen LogP contribution in [0.15, 0.2) is 30.3 Å². The van der Waals surface area contributed by atoms with Crippen LogP contribution in [0.5, 0.6) is 0 Å². The molecule has 2 saturated heterocycles. The summed E-state index contributed by atoms with van der Waals surface area (Å²) in [6, 6.07) is 10.1. The Morgan fingerprint density at radius 1 is 0.810 bits per heavy atom. The molecule has 4 nitrogen and oxygen atoms in total. The lowest BCUT2D eigenvalue weighted by atomic mass is 9.97. The summed E-state index contributed by atoms with van der Waals surface area (Å²) in [6.45, 7) is 4.28. The van der Waals surface area contributed by atoms with Crippen molar-refractivity contribution in [2.45, 2.75) is 70.2 Å². The molecule has 4 heteroatoms. The maximum Gasteiger partial charge on any atom is 0.184 e. The fourth-order valence-corrected chi connectivity index (χ4v) is 3.08. The van der Waals surface area contributed by atoms with Crippen LogP contribution in [0.3, 0.4) is 0 Å². The standard InChI is InChI=1S/C17H24O4/c1-3-8-13-15-16(14(9-4-2)21-20-13)19-17(18-15)12-10-6-5-7-11-12/h5-7,10-11,13-17H,3-4,8-9H2,1-2H3/t13-,14+,15-,16+,17?. The average Bonchev–Trinajstić information content (AvgIpc) is 2.97. The summed E-state index contributed by atoms with van der Waals surface area (Å²) >= 11 is 0. The van der Waals surface area contributed by atoms with Crippen molar-refractivity contribution in [3.8, 4) is 0 Å². The molecular weight excluding hydrogens is 268 g/mol. The Morgan fingerprint density at radius 2 is 1.33 bits per heavy atom. The summed E-state index contributed by atoms with van der Waals surface area (Å²) < 4.78 is 12.3. The second-order valence-electron chi connectivity index (χ2n) is 5.79. The molecule has 0 N–H and O–H groups in total. The maximum atomic E-state index is 6.17. The lowest BCUT2D eigenvalue weighted by molar-refractivity contribution is -0.402. The van der Waals surface area contributed by atoms with Crippen LogP contribution >= 0.6 is 0 Å². The first kappa shape index (κ1) is 15.0. The van der Waals surface area contributed by atoms with Crippen LogP contribution in [-0.2, 0) is 19.2 Å². The van der Waals surface area contributed by atoms with Gasteiger partial charge in [0.15, 0.2) is 6.29 Å². The van der Waals surface area contributed by atoms with E-state index in [1.807, 2.05) is 30.3 Å². The van der Waals surface area contributed by atoms with E-state index < -0.39 is 0 Å². The minimum absolute atomic E-state index is 0.0400. The second kappa shape index (κ2) is 6.88. The lowest BCUT2D eigenvalue weighted by Crippen LogP contribution is -2.50.